The largest absolute Gasteiger partial charge is 0.460 e. The minimum atomic E-state index is -0.745. The second kappa shape index (κ2) is 10.6. The molecule has 0 spiro atoms. The molecule has 0 fully saturated rings. The van der Waals surface area contributed by atoms with Crippen LogP contribution < -0.4 is 14.9 Å². The molecule has 0 saturated heterocycles. The molecule has 8 nitrogen and oxygen atoms in total. The van der Waals surface area contributed by atoms with E-state index in [2.05, 4.69) is 0 Å². The van der Waals surface area contributed by atoms with Gasteiger partial charge in [-0.25, -0.2) is 4.79 Å². The highest BCUT2D eigenvalue weighted by Gasteiger charge is 2.36. The first-order chi connectivity index (χ1) is 20.2. The van der Waals surface area contributed by atoms with E-state index in [1.165, 1.54) is 42.7 Å². The van der Waals surface area contributed by atoms with Gasteiger partial charge in [0.2, 0.25) is 11.2 Å². The number of ether oxygens (including phenoxy) is 2. The summed E-state index contributed by atoms with van der Waals surface area (Å²) in [4.78, 5) is 53.1. The molecule has 0 saturated carbocycles. The zero-order chi connectivity index (χ0) is 29.5. The van der Waals surface area contributed by atoms with Gasteiger partial charge in [-0.3, -0.25) is 19.3 Å². The highest BCUT2D eigenvalue weighted by atomic mass is 35.5. The molecule has 6 rings (SSSR count). The van der Waals surface area contributed by atoms with E-state index in [0.29, 0.717) is 10.8 Å². The molecule has 2 heterocycles. The average Bonchev–Trinajstić information content (AvgIpc) is 3.21. The summed E-state index contributed by atoms with van der Waals surface area (Å²) in [5.41, 5.74) is 2.82. The molecule has 9 heteroatoms. The smallest absolute Gasteiger partial charge is 0.343 e. The number of hydrogen-bond acceptors (Lipinski definition) is 7. The SMILES string of the molecule is Cc1ccc(C)c(Oc2coc3cc(OC(=O)c4ccc5c(c4)C(=O)N(Cc4ccc(Cl)cc4)C5=O)ccc3c2=O)c1. The second-order valence-corrected chi connectivity index (χ2v) is 10.4. The van der Waals surface area contributed by atoms with E-state index < -0.39 is 17.8 Å². The zero-order valence-corrected chi connectivity index (χ0v) is 23.2. The molecule has 2 amide bonds. The van der Waals surface area contributed by atoms with E-state index in [9.17, 15) is 19.2 Å². The normalized spacial score (nSPS) is 12.5. The Morgan fingerprint density at radius 3 is 2.38 bits per heavy atom. The summed E-state index contributed by atoms with van der Waals surface area (Å²) in [6, 6.07) is 21.1. The summed E-state index contributed by atoms with van der Waals surface area (Å²) in [6.45, 7) is 3.88. The molecular weight excluding hydrogens is 558 g/mol. The number of fused-ring (bicyclic) bond motifs is 2. The maximum Gasteiger partial charge on any atom is 0.343 e. The Morgan fingerprint density at radius 2 is 1.60 bits per heavy atom. The molecule has 5 aromatic rings. The number of imide groups is 1. The minimum Gasteiger partial charge on any atom is -0.460 e. The first-order valence-electron chi connectivity index (χ1n) is 13.0. The third kappa shape index (κ3) is 5.04. The van der Waals surface area contributed by atoms with Crippen LogP contribution in [0.2, 0.25) is 5.02 Å². The van der Waals surface area contributed by atoms with Crippen LogP contribution in [0.1, 0.15) is 47.8 Å². The average molecular weight is 580 g/mol. The van der Waals surface area contributed by atoms with Gasteiger partial charge in [-0.2, -0.15) is 0 Å². The summed E-state index contributed by atoms with van der Waals surface area (Å²) in [7, 11) is 0. The maximum atomic E-state index is 13.0. The number of esters is 1. The number of hydrogen-bond donors (Lipinski definition) is 0. The van der Waals surface area contributed by atoms with Crippen LogP contribution >= 0.6 is 11.6 Å². The molecule has 0 aliphatic carbocycles. The summed E-state index contributed by atoms with van der Waals surface area (Å²) in [5, 5.41) is 0.796. The fourth-order valence-electron chi connectivity index (χ4n) is 4.66. The lowest BCUT2D eigenvalue weighted by molar-refractivity contribution is 0.0641. The van der Waals surface area contributed by atoms with Gasteiger partial charge in [0.25, 0.3) is 11.8 Å². The van der Waals surface area contributed by atoms with Crippen molar-refractivity contribution in [2.45, 2.75) is 20.4 Å². The summed E-state index contributed by atoms with van der Waals surface area (Å²) in [6.07, 6.45) is 1.22. The lowest BCUT2D eigenvalue weighted by Gasteiger charge is -2.13. The fourth-order valence-corrected chi connectivity index (χ4v) is 4.79. The standard InChI is InChI=1S/C33H22ClNO7/c1-18-3-4-19(2)27(13-18)42-29-17-40-28-15-23(10-12-25(28)30(29)36)41-33(39)21-7-11-24-26(14-21)32(38)35(31(24)37)16-20-5-8-22(34)9-6-20/h3-15,17H,16H2,1-2H3. The number of amides is 2. The Morgan fingerprint density at radius 1 is 0.833 bits per heavy atom. The lowest BCUT2D eigenvalue weighted by Crippen LogP contribution is -2.29. The summed E-state index contributed by atoms with van der Waals surface area (Å²) < 4.78 is 17.0. The van der Waals surface area contributed by atoms with Crippen molar-refractivity contribution < 1.29 is 28.3 Å². The van der Waals surface area contributed by atoms with Crippen molar-refractivity contribution in [3.63, 3.8) is 0 Å². The maximum absolute atomic E-state index is 13.0. The Balaban J connectivity index is 1.20. The van der Waals surface area contributed by atoms with Crippen LogP contribution in [0.4, 0.5) is 0 Å². The van der Waals surface area contributed by atoms with Gasteiger partial charge in [0, 0.05) is 11.1 Å². The highest BCUT2D eigenvalue weighted by Crippen LogP contribution is 2.29. The molecule has 1 aliphatic heterocycles. The van der Waals surface area contributed by atoms with Crippen LogP contribution in [0.15, 0.2) is 94.3 Å². The molecule has 1 aliphatic rings. The van der Waals surface area contributed by atoms with Gasteiger partial charge in [-0.15, -0.1) is 0 Å². The van der Waals surface area contributed by atoms with Gasteiger partial charge in [-0.05, 0) is 79.1 Å². The zero-order valence-electron chi connectivity index (χ0n) is 22.5. The Hall–Kier alpha value is -5.21. The monoisotopic (exact) mass is 579 g/mol. The van der Waals surface area contributed by atoms with Crippen LogP contribution in [0.3, 0.4) is 0 Å². The van der Waals surface area contributed by atoms with Crippen molar-refractivity contribution in [1.82, 2.24) is 4.90 Å². The molecule has 4 aromatic carbocycles. The van der Waals surface area contributed by atoms with Crippen molar-refractivity contribution in [1.29, 1.82) is 0 Å². The Bertz CT molecular complexity index is 1980. The predicted octanol–water partition coefficient (Wildman–Crippen LogP) is 6.87. The lowest BCUT2D eigenvalue weighted by atomic mass is 10.1. The molecule has 0 N–H and O–H groups in total. The van der Waals surface area contributed by atoms with E-state index in [1.54, 1.807) is 24.3 Å². The molecule has 0 unspecified atom stereocenters. The number of carbonyl (C=O) groups is 3. The van der Waals surface area contributed by atoms with Crippen LogP contribution in [0.5, 0.6) is 17.2 Å². The van der Waals surface area contributed by atoms with Gasteiger partial charge in [0.15, 0.2) is 0 Å². The summed E-state index contributed by atoms with van der Waals surface area (Å²) >= 11 is 5.93. The van der Waals surface area contributed by atoms with Gasteiger partial charge >= 0.3 is 5.97 Å². The van der Waals surface area contributed by atoms with E-state index in [0.717, 1.165) is 21.6 Å². The molecule has 0 radical (unpaired) electrons. The van der Waals surface area contributed by atoms with Crippen LogP contribution in [0.25, 0.3) is 11.0 Å². The molecule has 1 aromatic heterocycles. The van der Waals surface area contributed by atoms with Crippen molar-refractivity contribution in [3.8, 4) is 17.2 Å². The van der Waals surface area contributed by atoms with Gasteiger partial charge in [0.1, 0.15) is 23.3 Å². The van der Waals surface area contributed by atoms with Crippen molar-refractivity contribution >= 4 is 40.4 Å². The molecule has 208 valence electrons. The number of benzene rings is 4. The number of carbonyl (C=O) groups excluding carboxylic acids is 3. The first-order valence-corrected chi connectivity index (χ1v) is 13.3. The highest BCUT2D eigenvalue weighted by molar-refractivity contribution is 6.30. The van der Waals surface area contributed by atoms with Crippen molar-refractivity contribution in [2.75, 3.05) is 0 Å². The van der Waals surface area contributed by atoms with Crippen molar-refractivity contribution in [2.24, 2.45) is 0 Å². The molecular formula is C33H22ClNO7. The predicted molar refractivity (Wildman–Crippen MR) is 156 cm³/mol. The van der Waals surface area contributed by atoms with Gasteiger partial charge in [0.05, 0.1) is 28.6 Å². The van der Waals surface area contributed by atoms with Crippen LogP contribution in [-0.4, -0.2) is 22.7 Å². The quantitative estimate of drug-likeness (QED) is 0.123. The number of rotatable bonds is 6. The Labute approximate surface area is 244 Å². The third-order valence-corrected chi connectivity index (χ3v) is 7.20. The number of halogens is 1. The molecule has 0 atom stereocenters. The number of nitrogens with zero attached hydrogens (tertiary/aromatic N) is 1. The van der Waals surface area contributed by atoms with Crippen LogP contribution in [0, 0.1) is 13.8 Å². The van der Waals surface area contributed by atoms with E-state index in [1.807, 2.05) is 32.0 Å². The Kier molecular flexibility index (Phi) is 6.84. The van der Waals surface area contributed by atoms with E-state index in [4.69, 9.17) is 25.5 Å². The third-order valence-electron chi connectivity index (χ3n) is 6.95. The van der Waals surface area contributed by atoms with Crippen LogP contribution in [-0.2, 0) is 6.54 Å². The molecule has 42 heavy (non-hydrogen) atoms. The van der Waals surface area contributed by atoms with Crippen molar-refractivity contribution in [3.05, 3.63) is 134 Å². The van der Waals surface area contributed by atoms with Gasteiger partial charge in [-0.1, -0.05) is 35.9 Å². The summed E-state index contributed by atoms with van der Waals surface area (Å²) in [5.74, 6) is -0.989. The second-order valence-electron chi connectivity index (χ2n) is 9.93. The molecule has 0 bridgehead atoms. The van der Waals surface area contributed by atoms with Gasteiger partial charge < -0.3 is 13.9 Å². The minimum absolute atomic E-state index is 0.0309. The van der Waals surface area contributed by atoms with E-state index in [-0.39, 0.29) is 51.1 Å². The number of aryl methyl sites for hydroxylation is 2. The topological polar surface area (TPSA) is 103 Å². The fraction of sp³-hybridized carbons (Fsp3) is 0.0909. The van der Waals surface area contributed by atoms with E-state index >= 15 is 0 Å². The first kappa shape index (κ1) is 27.0.